The lowest BCUT2D eigenvalue weighted by molar-refractivity contribution is 0.0950. The number of nitrogens with zero attached hydrogens (tertiary/aromatic N) is 3. The van der Waals surface area contributed by atoms with Crippen LogP contribution >= 0.6 is 11.6 Å². The van der Waals surface area contributed by atoms with Crippen molar-refractivity contribution in [3.05, 3.63) is 58.2 Å². The van der Waals surface area contributed by atoms with Gasteiger partial charge in [-0.05, 0) is 48.7 Å². The number of nitrogen functional groups attached to an aromatic ring is 1. The highest BCUT2D eigenvalue weighted by molar-refractivity contribution is 6.31. The van der Waals surface area contributed by atoms with E-state index in [2.05, 4.69) is 15.6 Å². The van der Waals surface area contributed by atoms with Gasteiger partial charge in [-0.1, -0.05) is 28.9 Å². The Morgan fingerprint density at radius 3 is 2.62 bits per heavy atom. The fourth-order valence-corrected chi connectivity index (χ4v) is 2.97. The van der Waals surface area contributed by atoms with Gasteiger partial charge in [0, 0.05) is 11.6 Å². The van der Waals surface area contributed by atoms with Crippen LogP contribution in [-0.2, 0) is 6.42 Å². The molecule has 0 unspecified atom stereocenters. The molecule has 3 rings (SSSR count). The standard InChI is InChI=1S/C20H22ClN5O3/c1-12-4-6-14(11-15(12)21)26-19(22)18(24-25-26)20(27)23-9-8-13-5-7-16(28-2)17(10-13)29-3/h4-7,10-11H,8-9,22H2,1-3H3,(H,23,27). The Labute approximate surface area is 173 Å². The number of hydrogen-bond acceptors (Lipinski definition) is 6. The molecular formula is C20H22ClN5O3. The van der Waals surface area contributed by atoms with Crippen LogP contribution in [0.5, 0.6) is 11.5 Å². The average Bonchev–Trinajstić information content (AvgIpc) is 3.11. The number of ether oxygens (including phenoxy) is 2. The van der Waals surface area contributed by atoms with E-state index in [4.69, 9.17) is 26.8 Å². The lowest BCUT2D eigenvalue weighted by Gasteiger charge is -2.10. The summed E-state index contributed by atoms with van der Waals surface area (Å²) in [6.07, 6.45) is 0.605. The zero-order chi connectivity index (χ0) is 21.0. The van der Waals surface area contributed by atoms with Crippen LogP contribution in [0.25, 0.3) is 5.69 Å². The normalized spacial score (nSPS) is 10.6. The molecule has 1 heterocycles. The number of nitrogens with two attached hydrogens (primary N) is 1. The van der Waals surface area contributed by atoms with Crippen molar-refractivity contribution in [1.82, 2.24) is 20.3 Å². The Morgan fingerprint density at radius 1 is 1.17 bits per heavy atom. The second kappa shape index (κ2) is 8.83. The highest BCUT2D eigenvalue weighted by Crippen LogP contribution is 2.27. The molecule has 0 radical (unpaired) electrons. The van der Waals surface area contributed by atoms with Crippen molar-refractivity contribution in [2.75, 3.05) is 26.5 Å². The highest BCUT2D eigenvalue weighted by Gasteiger charge is 2.18. The Morgan fingerprint density at radius 2 is 1.93 bits per heavy atom. The second-order valence-corrected chi connectivity index (χ2v) is 6.77. The fraction of sp³-hybridized carbons (Fsp3) is 0.250. The summed E-state index contributed by atoms with van der Waals surface area (Å²) in [5, 5.41) is 11.3. The number of aromatic nitrogens is 3. The first-order valence-corrected chi connectivity index (χ1v) is 9.29. The van der Waals surface area contributed by atoms with Crippen molar-refractivity contribution in [3.8, 4) is 17.2 Å². The number of benzene rings is 2. The predicted molar refractivity (Wildman–Crippen MR) is 111 cm³/mol. The van der Waals surface area contributed by atoms with E-state index in [-0.39, 0.29) is 11.5 Å². The molecule has 0 bridgehead atoms. The molecule has 0 saturated carbocycles. The molecule has 0 spiro atoms. The van der Waals surface area contributed by atoms with Crippen molar-refractivity contribution < 1.29 is 14.3 Å². The summed E-state index contributed by atoms with van der Waals surface area (Å²) in [5.74, 6) is 1.04. The number of methoxy groups -OCH3 is 2. The van der Waals surface area contributed by atoms with Crippen molar-refractivity contribution in [2.24, 2.45) is 0 Å². The van der Waals surface area contributed by atoms with Crippen LogP contribution in [-0.4, -0.2) is 41.7 Å². The average molecular weight is 416 g/mol. The maximum absolute atomic E-state index is 12.5. The number of nitrogens with one attached hydrogen (secondary N) is 1. The first-order chi connectivity index (χ1) is 13.9. The molecule has 3 N–H and O–H groups in total. The summed E-state index contributed by atoms with van der Waals surface area (Å²) in [4.78, 5) is 12.5. The lowest BCUT2D eigenvalue weighted by atomic mass is 10.1. The molecule has 8 nitrogen and oxygen atoms in total. The van der Waals surface area contributed by atoms with Gasteiger partial charge in [-0.3, -0.25) is 4.79 Å². The number of amides is 1. The van der Waals surface area contributed by atoms with Crippen molar-refractivity contribution in [1.29, 1.82) is 0 Å². The number of carbonyl (C=O) groups is 1. The van der Waals surface area contributed by atoms with E-state index in [0.717, 1.165) is 11.1 Å². The van der Waals surface area contributed by atoms with Crippen LogP contribution in [0, 0.1) is 6.92 Å². The van der Waals surface area contributed by atoms with E-state index in [1.54, 1.807) is 20.3 Å². The third kappa shape index (κ3) is 4.43. The number of halogens is 1. The van der Waals surface area contributed by atoms with E-state index in [9.17, 15) is 4.79 Å². The largest absolute Gasteiger partial charge is 0.493 e. The summed E-state index contributed by atoms with van der Waals surface area (Å²) in [6, 6.07) is 11.0. The van der Waals surface area contributed by atoms with Crippen LogP contribution in [0.2, 0.25) is 5.02 Å². The zero-order valence-electron chi connectivity index (χ0n) is 16.4. The molecule has 0 fully saturated rings. The van der Waals surface area contributed by atoms with E-state index >= 15 is 0 Å². The van der Waals surface area contributed by atoms with Gasteiger partial charge < -0.3 is 20.5 Å². The molecule has 0 aliphatic rings. The van der Waals surface area contributed by atoms with Gasteiger partial charge in [-0.15, -0.1) is 5.10 Å². The monoisotopic (exact) mass is 415 g/mol. The van der Waals surface area contributed by atoms with Gasteiger partial charge in [0.1, 0.15) is 0 Å². The van der Waals surface area contributed by atoms with Crippen LogP contribution in [0.3, 0.4) is 0 Å². The fourth-order valence-electron chi connectivity index (χ4n) is 2.80. The first-order valence-electron chi connectivity index (χ1n) is 8.91. The minimum atomic E-state index is -0.396. The molecule has 1 aromatic heterocycles. The minimum absolute atomic E-state index is 0.0639. The molecule has 0 aliphatic heterocycles. The number of anilines is 1. The molecular weight excluding hydrogens is 394 g/mol. The maximum atomic E-state index is 12.5. The minimum Gasteiger partial charge on any atom is -0.493 e. The van der Waals surface area contributed by atoms with Gasteiger partial charge >= 0.3 is 0 Å². The number of carbonyl (C=O) groups excluding carboxylic acids is 1. The quantitative estimate of drug-likeness (QED) is 0.614. The SMILES string of the molecule is COc1ccc(CCNC(=O)c2nnn(-c3ccc(C)c(Cl)c3)c2N)cc1OC. The molecule has 1 amide bonds. The van der Waals surface area contributed by atoms with Crippen LogP contribution in [0.1, 0.15) is 21.6 Å². The van der Waals surface area contributed by atoms with Gasteiger partial charge in [0.05, 0.1) is 19.9 Å². The lowest BCUT2D eigenvalue weighted by Crippen LogP contribution is -2.27. The van der Waals surface area contributed by atoms with Crippen molar-refractivity contribution in [2.45, 2.75) is 13.3 Å². The number of rotatable bonds is 7. The Kier molecular flexibility index (Phi) is 6.23. The molecule has 3 aromatic rings. The summed E-state index contributed by atoms with van der Waals surface area (Å²) in [5.41, 5.74) is 8.71. The van der Waals surface area contributed by atoms with Gasteiger partial charge in [0.25, 0.3) is 5.91 Å². The topological polar surface area (TPSA) is 104 Å². The van der Waals surface area contributed by atoms with Crippen molar-refractivity contribution >= 4 is 23.3 Å². The zero-order valence-corrected chi connectivity index (χ0v) is 17.2. The molecule has 0 atom stereocenters. The molecule has 0 saturated heterocycles. The molecule has 9 heteroatoms. The van der Waals surface area contributed by atoms with Crippen LogP contribution < -0.4 is 20.5 Å². The van der Waals surface area contributed by atoms with Gasteiger partial charge in [0.2, 0.25) is 0 Å². The molecule has 2 aromatic carbocycles. The van der Waals surface area contributed by atoms with E-state index < -0.39 is 5.91 Å². The Hall–Kier alpha value is -3.26. The van der Waals surface area contributed by atoms with Gasteiger partial charge in [-0.2, -0.15) is 4.68 Å². The van der Waals surface area contributed by atoms with E-state index in [1.807, 2.05) is 37.3 Å². The summed E-state index contributed by atoms with van der Waals surface area (Å²) >= 11 is 6.15. The smallest absolute Gasteiger partial charge is 0.275 e. The number of hydrogen-bond donors (Lipinski definition) is 2. The van der Waals surface area contributed by atoms with Gasteiger partial charge in [-0.25, -0.2) is 0 Å². The molecule has 0 aliphatic carbocycles. The van der Waals surface area contributed by atoms with Crippen LogP contribution in [0.15, 0.2) is 36.4 Å². The van der Waals surface area contributed by atoms with E-state index in [0.29, 0.717) is 35.2 Å². The Bertz CT molecular complexity index is 1030. The first kappa shape index (κ1) is 20.5. The highest BCUT2D eigenvalue weighted by atomic mass is 35.5. The molecule has 152 valence electrons. The summed E-state index contributed by atoms with van der Waals surface area (Å²) in [6.45, 7) is 2.30. The van der Waals surface area contributed by atoms with Gasteiger partial charge in [0.15, 0.2) is 23.0 Å². The summed E-state index contributed by atoms with van der Waals surface area (Å²) < 4.78 is 11.9. The third-order valence-corrected chi connectivity index (χ3v) is 4.87. The van der Waals surface area contributed by atoms with E-state index in [1.165, 1.54) is 4.68 Å². The van der Waals surface area contributed by atoms with Crippen molar-refractivity contribution in [3.63, 3.8) is 0 Å². The third-order valence-electron chi connectivity index (χ3n) is 4.47. The molecule has 29 heavy (non-hydrogen) atoms. The predicted octanol–water partition coefficient (Wildman–Crippen LogP) is 2.80. The maximum Gasteiger partial charge on any atom is 0.275 e. The second-order valence-electron chi connectivity index (χ2n) is 6.36. The summed E-state index contributed by atoms with van der Waals surface area (Å²) in [7, 11) is 3.16. The Balaban J connectivity index is 1.66. The van der Waals surface area contributed by atoms with Crippen LogP contribution in [0.4, 0.5) is 5.82 Å². The number of aryl methyl sites for hydroxylation is 1.